The lowest BCUT2D eigenvalue weighted by Crippen LogP contribution is -2.23. The van der Waals surface area contributed by atoms with Crippen LogP contribution < -0.4 is 9.47 Å². The van der Waals surface area contributed by atoms with Gasteiger partial charge in [0.25, 0.3) is 0 Å². The van der Waals surface area contributed by atoms with Crippen molar-refractivity contribution in [1.29, 1.82) is 0 Å². The second-order valence-corrected chi connectivity index (χ2v) is 8.40. The molecule has 0 unspecified atom stereocenters. The minimum Gasteiger partial charge on any atom is -0.486 e. The summed E-state index contributed by atoms with van der Waals surface area (Å²) >= 11 is 1.73. The molecule has 5 heteroatoms. The first-order chi connectivity index (χ1) is 13.8. The summed E-state index contributed by atoms with van der Waals surface area (Å²) in [6, 6.07) is 15.4. The maximum atomic E-state index is 5.78. The van der Waals surface area contributed by atoms with E-state index < -0.39 is 0 Å². The lowest BCUT2D eigenvalue weighted by molar-refractivity contribution is 0.170. The summed E-state index contributed by atoms with van der Waals surface area (Å²) < 4.78 is 11.5. The van der Waals surface area contributed by atoms with Crippen molar-refractivity contribution in [2.45, 2.75) is 32.4 Å². The molecule has 0 saturated carbocycles. The summed E-state index contributed by atoms with van der Waals surface area (Å²) in [5, 5.41) is 3.30. The van der Waals surface area contributed by atoms with E-state index in [9.17, 15) is 0 Å². The fourth-order valence-electron chi connectivity index (χ4n) is 4.08. The van der Waals surface area contributed by atoms with Crippen molar-refractivity contribution in [3.63, 3.8) is 0 Å². The van der Waals surface area contributed by atoms with Gasteiger partial charge in [-0.3, -0.25) is 4.90 Å². The zero-order valence-electron chi connectivity index (χ0n) is 16.1. The van der Waals surface area contributed by atoms with E-state index in [4.69, 9.17) is 14.5 Å². The number of hydrogen-bond acceptors (Lipinski definition) is 5. The molecule has 1 saturated heterocycles. The van der Waals surface area contributed by atoms with Crippen molar-refractivity contribution in [3.8, 4) is 22.1 Å². The molecule has 0 radical (unpaired) electrons. The summed E-state index contributed by atoms with van der Waals surface area (Å²) in [5.41, 5.74) is 4.95. The smallest absolute Gasteiger partial charge is 0.161 e. The van der Waals surface area contributed by atoms with Crippen LogP contribution in [0.2, 0.25) is 0 Å². The maximum absolute atomic E-state index is 5.78. The normalized spacial score (nSPS) is 19.1. The van der Waals surface area contributed by atoms with E-state index in [0.29, 0.717) is 19.3 Å². The van der Waals surface area contributed by atoms with Gasteiger partial charge in [-0.05, 0) is 44.0 Å². The van der Waals surface area contributed by atoms with E-state index in [0.717, 1.165) is 35.3 Å². The first-order valence-corrected chi connectivity index (χ1v) is 10.8. The molecule has 0 aliphatic carbocycles. The molecular formula is C23H24N2O2S. The highest BCUT2D eigenvalue weighted by atomic mass is 32.1. The molecule has 1 aromatic heterocycles. The summed E-state index contributed by atoms with van der Waals surface area (Å²) in [6.45, 7) is 5.38. The van der Waals surface area contributed by atoms with E-state index in [1.165, 1.54) is 29.5 Å². The Balaban J connectivity index is 1.33. The summed E-state index contributed by atoms with van der Waals surface area (Å²) in [5.74, 6) is 1.74. The van der Waals surface area contributed by atoms with Crippen molar-refractivity contribution in [2.24, 2.45) is 0 Å². The number of nitrogens with zero attached hydrogens (tertiary/aromatic N) is 2. The topological polar surface area (TPSA) is 34.6 Å². The van der Waals surface area contributed by atoms with Crippen LogP contribution in [0.5, 0.6) is 11.5 Å². The van der Waals surface area contributed by atoms with Crippen molar-refractivity contribution in [1.82, 2.24) is 9.88 Å². The number of likely N-dealkylation sites (tertiary alicyclic amines) is 1. The van der Waals surface area contributed by atoms with Crippen LogP contribution >= 0.6 is 11.3 Å². The molecule has 1 atom stereocenters. The number of thiazole rings is 1. The second-order valence-electron chi connectivity index (χ2n) is 7.54. The zero-order chi connectivity index (χ0) is 18.9. The van der Waals surface area contributed by atoms with E-state index in [1.54, 1.807) is 11.3 Å². The Bertz CT molecular complexity index is 967. The summed E-state index contributed by atoms with van der Waals surface area (Å²) in [4.78, 5) is 7.45. The van der Waals surface area contributed by atoms with Crippen molar-refractivity contribution in [2.75, 3.05) is 19.8 Å². The van der Waals surface area contributed by atoms with Crippen LogP contribution in [0.1, 0.15) is 35.7 Å². The molecule has 1 fully saturated rings. The molecule has 0 spiro atoms. The fourth-order valence-corrected chi connectivity index (χ4v) is 4.89. The van der Waals surface area contributed by atoms with Crippen LogP contribution in [0.3, 0.4) is 0 Å². The van der Waals surface area contributed by atoms with Crippen LogP contribution in [0.15, 0.2) is 47.8 Å². The number of ether oxygens (including phenoxy) is 2. The van der Waals surface area contributed by atoms with Gasteiger partial charge in [0.2, 0.25) is 0 Å². The summed E-state index contributed by atoms with van der Waals surface area (Å²) in [7, 11) is 0. The van der Waals surface area contributed by atoms with E-state index in [-0.39, 0.29) is 0 Å². The first-order valence-electron chi connectivity index (χ1n) is 9.91. The molecule has 144 valence electrons. The van der Waals surface area contributed by atoms with E-state index in [1.807, 2.05) is 0 Å². The lowest BCUT2D eigenvalue weighted by Gasteiger charge is -2.26. The van der Waals surface area contributed by atoms with Gasteiger partial charge >= 0.3 is 0 Å². The minimum absolute atomic E-state index is 0.417. The van der Waals surface area contributed by atoms with Crippen LogP contribution in [-0.2, 0) is 6.54 Å². The van der Waals surface area contributed by atoms with Crippen molar-refractivity contribution < 1.29 is 9.47 Å². The van der Waals surface area contributed by atoms with Crippen LogP contribution in [0, 0.1) is 6.92 Å². The predicted octanol–water partition coefficient (Wildman–Crippen LogP) is 5.23. The predicted molar refractivity (Wildman–Crippen MR) is 112 cm³/mol. The quantitative estimate of drug-likeness (QED) is 0.609. The monoisotopic (exact) mass is 392 g/mol. The fraction of sp³-hybridized carbons (Fsp3) is 0.348. The highest BCUT2D eigenvalue weighted by molar-refractivity contribution is 7.13. The number of fused-ring (bicyclic) bond motifs is 1. The van der Waals surface area contributed by atoms with E-state index in [2.05, 4.69) is 59.7 Å². The molecule has 0 bridgehead atoms. The number of hydrogen-bond donors (Lipinski definition) is 0. The van der Waals surface area contributed by atoms with Gasteiger partial charge in [0.05, 0.1) is 5.69 Å². The third-order valence-corrected chi connectivity index (χ3v) is 6.47. The Labute approximate surface area is 169 Å². The van der Waals surface area contributed by atoms with Gasteiger partial charge in [-0.25, -0.2) is 4.98 Å². The highest BCUT2D eigenvalue weighted by Crippen LogP contribution is 2.39. The van der Waals surface area contributed by atoms with Gasteiger partial charge in [-0.15, -0.1) is 11.3 Å². The molecule has 0 amide bonds. The molecule has 0 N–H and O–H groups in total. The van der Waals surface area contributed by atoms with Gasteiger partial charge in [0.15, 0.2) is 11.5 Å². The zero-order valence-corrected chi connectivity index (χ0v) is 16.9. The number of benzene rings is 2. The Hall–Kier alpha value is -2.37. The lowest BCUT2D eigenvalue weighted by atomic mass is 10.0. The van der Waals surface area contributed by atoms with Gasteiger partial charge in [-0.2, -0.15) is 0 Å². The number of aryl methyl sites for hydroxylation is 1. The summed E-state index contributed by atoms with van der Waals surface area (Å²) in [6.07, 6.45) is 2.39. The standard InChI is InChI=1S/C23H24N2O2S/c1-16-4-6-17(7-5-16)23-24-19(15-28-23)14-25-10-2-3-20(25)18-8-9-21-22(13-18)27-12-11-26-21/h4-9,13,15,20H,2-3,10-12,14H2,1H3/t20-/m1/s1. The van der Waals surface area contributed by atoms with Crippen LogP contribution in [-0.4, -0.2) is 29.6 Å². The largest absolute Gasteiger partial charge is 0.486 e. The molecule has 5 rings (SSSR count). The third-order valence-electron chi connectivity index (χ3n) is 5.53. The van der Waals surface area contributed by atoms with Crippen molar-refractivity contribution >= 4 is 11.3 Å². The third kappa shape index (κ3) is 3.52. The van der Waals surface area contributed by atoms with Crippen molar-refractivity contribution in [3.05, 3.63) is 64.7 Å². The first kappa shape index (κ1) is 17.7. The van der Waals surface area contributed by atoms with Gasteiger partial charge < -0.3 is 9.47 Å². The average Bonchev–Trinajstić information content (AvgIpc) is 3.38. The molecule has 2 aliphatic heterocycles. The Morgan fingerprint density at radius 1 is 1.07 bits per heavy atom. The average molecular weight is 393 g/mol. The second kappa shape index (κ2) is 7.57. The Kier molecular flexibility index (Phi) is 4.79. The molecule has 28 heavy (non-hydrogen) atoms. The molecule has 4 nitrogen and oxygen atoms in total. The molecule has 3 aromatic rings. The van der Waals surface area contributed by atoms with E-state index >= 15 is 0 Å². The molecular weight excluding hydrogens is 368 g/mol. The molecule has 2 aliphatic rings. The Morgan fingerprint density at radius 2 is 1.89 bits per heavy atom. The number of aromatic nitrogens is 1. The maximum Gasteiger partial charge on any atom is 0.161 e. The number of rotatable bonds is 4. The molecule has 2 aromatic carbocycles. The van der Waals surface area contributed by atoms with Gasteiger partial charge in [0.1, 0.15) is 18.2 Å². The molecule has 3 heterocycles. The highest BCUT2D eigenvalue weighted by Gasteiger charge is 2.28. The van der Waals surface area contributed by atoms with Crippen LogP contribution in [0.4, 0.5) is 0 Å². The minimum atomic E-state index is 0.417. The van der Waals surface area contributed by atoms with Gasteiger partial charge in [-0.1, -0.05) is 35.9 Å². The van der Waals surface area contributed by atoms with Gasteiger partial charge in [0, 0.05) is 23.5 Å². The Morgan fingerprint density at radius 3 is 2.75 bits per heavy atom. The SMILES string of the molecule is Cc1ccc(-c2nc(CN3CCC[C@@H]3c3ccc4c(c3)OCCO4)cs2)cc1. The van der Waals surface area contributed by atoms with Crippen LogP contribution in [0.25, 0.3) is 10.6 Å².